The smallest absolute Gasteiger partial charge is 0.179 e. The third-order valence-corrected chi connectivity index (χ3v) is 3.38. The Morgan fingerprint density at radius 2 is 2.06 bits per heavy atom. The van der Waals surface area contributed by atoms with Gasteiger partial charge in [-0.25, -0.2) is 4.39 Å². The van der Waals surface area contributed by atoms with Gasteiger partial charge in [-0.15, -0.1) is 0 Å². The molecule has 2 nitrogen and oxygen atoms in total. The monoisotopic (exact) mass is 360 g/mol. The molecule has 0 saturated heterocycles. The molecule has 2 aromatic rings. The van der Waals surface area contributed by atoms with Crippen LogP contribution in [0.2, 0.25) is 0 Å². The number of Topliss-reactive ketones (excluding diaryl/α,β-unsaturated/α-hetero) is 1. The lowest BCUT2D eigenvalue weighted by Crippen LogP contribution is -2.04. The van der Waals surface area contributed by atoms with Crippen molar-refractivity contribution in [2.75, 3.05) is 0 Å². The first-order valence-corrected chi connectivity index (χ1v) is 6.36. The average Bonchev–Trinajstić information content (AvgIpc) is 2.70. The SMILES string of the molecule is O=C(Cc1cc(Br)ccc1F)c1ccoc1Br. The summed E-state index contributed by atoms with van der Waals surface area (Å²) in [7, 11) is 0. The van der Waals surface area contributed by atoms with Gasteiger partial charge in [0.1, 0.15) is 5.82 Å². The van der Waals surface area contributed by atoms with Crippen LogP contribution in [0.15, 0.2) is 44.1 Å². The van der Waals surface area contributed by atoms with Gasteiger partial charge in [-0.3, -0.25) is 4.79 Å². The average molecular weight is 362 g/mol. The third kappa shape index (κ3) is 2.84. The number of benzene rings is 1. The van der Waals surface area contributed by atoms with E-state index >= 15 is 0 Å². The molecule has 1 aromatic heterocycles. The lowest BCUT2D eigenvalue weighted by atomic mass is 10.1. The molecule has 0 saturated carbocycles. The Morgan fingerprint density at radius 3 is 2.71 bits per heavy atom. The van der Waals surface area contributed by atoms with Crippen molar-refractivity contribution in [3.8, 4) is 0 Å². The molecule has 17 heavy (non-hydrogen) atoms. The van der Waals surface area contributed by atoms with Crippen molar-refractivity contribution < 1.29 is 13.6 Å². The summed E-state index contributed by atoms with van der Waals surface area (Å²) in [5.41, 5.74) is 0.779. The Morgan fingerprint density at radius 1 is 1.29 bits per heavy atom. The summed E-state index contributed by atoms with van der Waals surface area (Å²) >= 11 is 6.37. The first kappa shape index (κ1) is 12.5. The zero-order valence-corrected chi connectivity index (χ0v) is 11.7. The minimum atomic E-state index is -0.388. The highest BCUT2D eigenvalue weighted by Crippen LogP contribution is 2.22. The Bertz CT molecular complexity index is 563. The molecular weight excluding hydrogens is 355 g/mol. The second kappa shape index (κ2) is 5.14. The van der Waals surface area contributed by atoms with Crippen LogP contribution in [0.3, 0.4) is 0 Å². The highest BCUT2D eigenvalue weighted by Gasteiger charge is 2.15. The lowest BCUT2D eigenvalue weighted by Gasteiger charge is -2.02. The molecule has 0 spiro atoms. The minimum Gasteiger partial charge on any atom is -0.457 e. The van der Waals surface area contributed by atoms with E-state index in [0.717, 1.165) is 4.47 Å². The minimum absolute atomic E-state index is 0.00338. The molecule has 1 aromatic carbocycles. The zero-order chi connectivity index (χ0) is 12.4. The van der Waals surface area contributed by atoms with Crippen LogP contribution in [-0.4, -0.2) is 5.78 Å². The molecule has 0 amide bonds. The number of carbonyl (C=O) groups excluding carboxylic acids is 1. The maximum atomic E-state index is 13.5. The van der Waals surface area contributed by atoms with Crippen LogP contribution in [-0.2, 0) is 6.42 Å². The number of halogens is 3. The van der Waals surface area contributed by atoms with Gasteiger partial charge in [0, 0.05) is 10.9 Å². The van der Waals surface area contributed by atoms with Crippen molar-refractivity contribution in [1.29, 1.82) is 0 Å². The molecule has 0 aliphatic rings. The molecule has 0 aliphatic heterocycles. The van der Waals surface area contributed by atoms with E-state index in [1.54, 1.807) is 18.2 Å². The zero-order valence-electron chi connectivity index (χ0n) is 8.54. The van der Waals surface area contributed by atoms with Gasteiger partial charge in [-0.2, -0.15) is 0 Å². The van der Waals surface area contributed by atoms with Crippen molar-refractivity contribution in [3.05, 3.63) is 56.6 Å². The van der Waals surface area contributed by atoms with Crippen molar-refractivity contribution in [2.45, 2.75) is 6.42 Å². The van der Waals surface area contributed by atoms with Gasteiger partial charge in [-0.1, -0.05) is 15.9 Å². The maximum absolute atomic E-state index is 13.5. The number of furan rings is 1. The van der Waals surface area contributed by atoms with Gasteiger partial charge >= 0.3 is 0 Å². The van der Waals surface area contributed by atoms with Crippen LogP contribution in [0.25, 0.3) is 0 Å². The molecule has 88 valence electrons. The molecule has 2 rings (SSSR count). The van der Waals surface area contributed by atoms with Crippen molar-refractivity contribution in [3.63, 3.8) is 0 Å². The first-order valence-electron chi connectivity index (χ1n) is 4.78. The quantitative estimate of drug-likeness (QED) is 0.760. The highest BCUT2D eigenvalue weighted by molar-refractivity contribution is 9.10. The predicted octanol–water partition coefficient (Wildman–Crippen LogP) is 4.37. The molecule has 0 atom stereocenters. The molecule has 0 unspecified atom stereocenters. The number of carbonyl (C=O) groups is 1. The summed E-state index contributed by atoms with van der Waals surface area (Å²) in [6.45, 7) is 0. The van der Waals surface area contributed by atoms with Crippen LogP contribution in [0, 0.1) is 5.82 Å². The summed E-state index contributed by atoms with van der Waals surface area (Å²) in [5.74, 6) is -0.580. The molecule has 0 fully saturated rings. The molecule has 5 heteroatoms. The Kier molecular flexibility index (Phi) is 3.79. The fourth-order valence-electron chi connectivity index (χ4n) is 1.44. The van der Waals surface area contributed by atoms with E-state index < -0.39 is 0 Å². The van der Waals surface area contributed by atoms with Gasteiger partial charge in [0.2, 0.25) is 0 Å². The van der Waals surface area contributed by atoms with E-state index in [1.807, 2.05) is 0 Å². The summed E-state index contributed by atoms with van der Waals surface area (Å²) in [6.07, 6.45) is 1.41. The van der Waals surface area contributed by atoms with Gasteiger partial charge in [-0.05, 0) is 45.8 Å². The first-order chi connectivity index (χ1) is 8.08. The van der Waals surface area contributed by atoms with Crippen LogP contribution in [0.4, 0.5) is 4.39 Å². The van der Waals surface area contributed by atoms with Crippen LogP contribution in [0.1, 0.15) is 15.9 Å². The van der Waals surface area contributed by atoms with E-state index in [1.165, 1.54) is 12.3 Å². The van der Waals surface area contributed by atoms with Gasteiger partial charge in [0.05, 0.1) is 11.8 Å². The summed E-state index contributed by atoms with van der Waals surface area (Å²) in [6, 6.07) is 6.08. The largest absolute Gasteiger partial charge is 0.457 e. The van der Waals surface area contributed by atoms with Crippen LogP contribution >= 0.6 is 31.9 Å². The van der Waals surface area contributed by atoms with Crippen LogP contribution < -0.4 is 0 Å². The van der Waals surface area contributed by atoms with E-state index in [0.29, 0.717) is 15.8 Å². The Hall–Kier alpha value is -0.940. The Labute approximate surface area is 114 Å². The van der Waals surface area contributed by atoms with Gasteiger partial charge in [0.25, 0.3) is 0 Å². The standard InChI is InChI=1S/C12H7Br2FO2/c13-8-1-2-10(15)7(5-8)6-11(16)9-3-4-17-12(9)14/h1-5H,6H2. The van der Waals surface area contributed by atoms with Gasteiger partial charge < -0.3 is 4.42 Å². The van der Waals surface area contributed by atoms with Crippen molar-refractivity contribution in [2.24, 2.45) is 0 Å². The number of ketones is 1. The summed E-state index contributed by atoms with van der Waals surface area (Å²) < 4.78 is 19.6. The number of hydrogen-bond donors (Lipinski definition) is 0. The second-order valence-electron chi connectivity index (χ2n) is 3.44. The molecular formula is C12H7Br2FO2. The number of hydrogen-bond acceptors (Lipinski definition) is 2. The van der Waals surface area contributed by atoms with Crippen LogP contribution in [0.5, 0.6) is 0 Å². The normalized spacial score (nSPS) is 10.5. The van der Waals surface area contributed by atoms with E-state index in [9.17, 15) is 9.18 Å². The third-order valence-electron chi connectivity index (χ3n) is 2.28. The van der Waals surface area contributed by atoms with Crippen molar-refractivity contribution >= 4 is 37.6 Å². The second-order valence-corrected chi connectivity index (χ2v) is 5.08. The summed E-state index contributed by atoms with van der Waals surface area (Å²) in [5, 5.41) is 0. The maximum Gasteiger partial charge on any atom is 0.179 e. The molecule has 0 N–H and O–H groups in total. The van der Waals surface area contributed by atoms with E-state index in [-0.39, 0.29) is 18.0 Å². The molecule has 0 bridgehead atoms. The number of rotatable bonds is 3. The fraction of sp³-hybridized carbons (Fsp3) is 0.0833. The molecule has 1 heterocycles. The van der Waals surface area contributed by atoms with E-state index in [4.69, 9.17) is 4.42 Å². The lowest BCUT2D eigenvalue weighted by molar-refractivity contribution is 0.0990. The van der Waals surface area contributed by atoms with Gasteiger partial charge in [0.15, 0.2) is 10.5 Å². The highest BCUT2D eigenvalue weighted by atomic mass is 79.9. The predicted molar refractivity (Wildman–Crippen MR) is 68.5 cm³/mol. The molecule has 0 aliphatic carbocycles. The molecule has 0 radical (unpaired) electrons. The fourth-order valence-corrected chi connectivity index (χ4v) is 2.31. The Balaban J connectivity index is 2.24. The van der Waals surface area contributed by atoms with E-state index in [2.05, 4.69) is 31.9 Å². The topological polar surface area (TPSA) is 30.2 Å². The van der Waals surface area contributed by atoms with Crippen molar-refractivity contribution in [1.82, 2.24) is 0 Å². The summed E-state index contributed by atoms with van der Waals surface area (Å²) in [4.78, 5) is 11.9.